The number of benzene rings is 1. The molecule has 0 atom stereocenters. The minimum absolute atomic E-state index is 0.249. The summed E-state index contributed by atoms with van der Waals surface area (Å²) in [6.07, 6.45) is 1.73. The first kappa shape index (κ1) is 16.8. The summed E-state index contributed by atoms with van der Waals surface area (Å²) in [6.45, 7) is 2.25. The number of hydrogen-bond acceptors (Lipinski definition) is 5. The molecule has 0 radical (unpaired) electrons. The smallest absolute Gasteiger partial charge is 0.287 e. The average molecular weight is 339 g/mol. The van der Waals surface area contributed by atoms with E-state index in [0.717, 1.165) is 28.1 Å². The van der Waals surface area contributed by atoms with E-state index < -0.39 is 0 Å². The lowest BCUT2D eigenvalue weighted by Crippen LogP contribution is -2.24. The molecule has 3 aromatic rings. The van der Waals surface area contributed by atoms with Crippen molar-refractivity contribution in [3.8, 4) is 5.75 Å². The molecule has 6 heteroatoms. The summed E-state index contributed by atoms with van der Waals surface area (Å²) in [7, 11) is 5.45. The van der Waals surface area contributed by atoms with Gasteiger partial charge in [-0.25, -0.2) is 4.98 Å². The van der Waals surface area contributed by atoms with Gasteiger partial charge in [0, 0.05) is 43.4 Å². The van der Waals surface area contributed by atoms with E-state index in [-0.39, 0.29) is 5.91 Å². The van der Waals surface area contributed by atoms with Gasteiger partial charge in [0.1, 0.15) is 17.2 Å². The maximum Gasteiger partial charge on any atom is 0.287 e. The zero-order valence-electron chi connectivity index (χ0n) is 14.8. The lowest BCUT2D eigenvalue weighted by molar-refractivity contribution is 0.0924. The van der Waals surface area contributed by atoms with Crippen LogP contribution in [0.1, 0.15) is 21.7 Å². The summed E-state index contributed by atoms with van der Waals surface area (Å²) in [4.78, 5) is 18.8. The summed E-state index contributed by atoms with van der Waals surface area (Å²) in [6, 6.07) is 9.29. The first-order valence-corrected chi connectivity index (χ1v) is 7.98. The van der Waals surface area contributed by atoms with Gasteiger partial charge in [0.25, 0.3) is 5.91 Å². The molecule has 2 aromatic heterocycles. The number of hydrogen-bond donors (Lipinski definition) is 1. The minimum atomic E-state index is -0.249. The van der Waals surface area contributed by atoms with Gasteiger partial charge in [-0.2, -0.15) is 0 Å². The Morgan fingerprint density at radius 2 is 2.12 bits per heavy atom. The average Bonchev–Trinajstić information content (AvgIpc) is 2.96. The lowest BCUT2D eigenvalue weighted by atomic mass is 10.1. The zero-order valence-corrected chi connectivity index (χ0v) is 14.8. The number of carbonyl (C=O) groups is 1. The van der Waals surface area contributed by atoms with Gasteiger partial charge in [0.05, 0.1) is 7.11 Å². The van der Waals surface area contributed by atoms with Crippen molar-refractivity contribution < 1.29 is 13.9 Å². The van der Waals surface area contributed by atoms with Gasteiger partial charge in [-0.05, 0) is 31.2 Å². The van der Waals surface area contributed by atoms with Crippen molar-refractivity contribution >= 4 is 22.7 Å². The molecule has 0 aliphatic carbocycles. The Labute approximate surface area is 146 Å². The summed E-state index contributed by atoms with van der Waals surface area (Å²) >= 11 is 0. The summed E-state index contributed by atoms with van der Waals surface area (Å²) in [5.41, 5.74) is 2.40. The number of nitrogens with one attached hydrogen (secondary N) is 1. The molecule has 0 aliphatic heterocycles. The molecular formula is C19H21N3O3. The fourth-order valence-corrected chi connectivity index (χ4v) is 2.77. The van der Waals surface area contributed by atoms with Gasteiger partial charge in [-0.15, -0.1) is 0 Å². The summed E-state index contributed by atoms with van der Waals surface area (Å²) in [5, 5.41) is 3.79. The minimum Gasteiger partial charge on any atom is -0.497 e. The van der Waals surface area contributed by atoms with Crippen molar-refractivity contribution in [2.75, 3.05) is 26.1 Å². The predicted octanol–water partition coefficient (Wildman–Crippen LogP) is 3.14. The van der Waals surface area contributed by atoms with E-state index in [2.05, 4.69) is 10.3 Å². The van der Waals surface area contributed by atoms with E-state index in [1.165, 1.54) is 0 Å². The Morgan fingerprint density at radius 3 is 2.84 bits per heavy atom. The molecule has 1 aromatic carbocycles. The number of ether oxygens (including phenoxy) is 1. The number of nitrogens with zero attached hydrogens (tertiary/aromatic N) is 2. The number of anilines is 1. The topological polar surface area (TPSA) is 67.6 Å². The van der Waals surface area contributed by atoms with E-state index in [1.54, 1.807) is 13.3 Å². The van der Waals surface area contributed by atoms with Crippen molar-refractivity contribution in [3.63, 3.8) is 0 Å². The third-order valence-electron chi connectivity index (χ3n) is 4.08. The van der Waals surface area contributed by atoms with Crippen LogP contribution < -0.4 is 15.0 Å². The molecule has 6 nitrogen and oxygen atoms in total. The van der Waals surface area contributed by atoms with Gasteiger partial charge in [0.15, 0.2) is 5.76 Å². The standard InChI is InChI=1S/C19H21N3O3/c1-12-15-10-14(24-4)7-8-16(15)25-17(12)19(23)21-11-13-6-5-9-20-18(13)22(2)3/h5-10H,11H2,1-4H3,(H,21,23). The van der Waals surface area contributed by atoms with E-state index in [9.17, 15) is 4.79 Å². The number of methoxy groups -OCH3 is 1. The molecule has 0 bridgehead atoms. The largest absolute Gasteiger partial charge is 0.497 e. The highest BCUT2D eigenvalue weighted by Gasteiger charge is 2.18. The number of amides is 1. The van der Waals surface area contributed by atoms with Gasteiger partial charge in [0.2, 0.25) is 0 Å². The van der Waals surface area contributed by atoms with Crippen LogP contribution in [0.15, 0.2) is 40.9 Å². The number of aromatic nitrogens is 1. The van der Waals surface area contributed by atoms with Gasteiger partial charge < -0.3 is 19.4 Å². The van der Waals surface area contributed by atoms with Crippen LogP contribution in [-0.4, -0.2) is 32.1 Å². The molecule has 0 unspecified atom stereocenters. The highest BCUT2D eigenvalue weighted by atomic mass is 16.5. The number of carbonyl (C=O) groups excluding carboxylic acids is 1. The first-order chi connectivity index (χ1) is 12.0. The number of fused-ring (bicyclic) bond motifs is 1. The highest BCUT2D eigenvalue weighted by Crippen LogP contribution is 2.28. The first-order valence-electron chi connectivity index (χ1n) is 7.98. The Kier molecular flexibility index (Phi) is 4.61. The third kappa shape index (κ3) is 3.28. The van der Waals surface area contributed by atoms with Gasteiger partial charge in [-0.3, -0.25) is 4.79 Å². The number of aryl methyl sites for hydroxylation is 1. The van der Waals surface area contributed by atoms with Crippen molar-refractivity contribution in [1.82, 2.24) is 10.3 Å². The molecule has 3 rings (SSSR count). The molecule has 0 fully saturated rings. The monoisotopic (exact) mass is 339 g/mol. The number of rotatable bonds is 5. The van der Waals surface area contributed by atoms with Crippen LogP contribution in [0, 0.1) is 6.92 Å². The zero-order chi connectivity index (χ0) is 18.0. The Bertz CT molecular complexity index is 915. The van der Waals surface area contributed by atoms with E-state index >= 15 is 0 Å². The molecular weight excluding hydrogens is 318 g/mol. The van der Waals surface area contributed by atoms with E-state index in [0.29, 0.717) is 17.9 Å². The molecule has 130 valence electrons. The third-order valence-corrected chi connectivity index (χ3v) is 4.08. The molecule has 0 saturated carbocycles. The Hall–Kier alpha value is -3.02. The molecule has 0 aliphatic rings. The van der Waals surface area contributed by atoms with Crippen molar-refractivity contribution in [2.24, 2.45) is 0 Å². The second-order valence-electron chi connectivity index (χ2n) is 5.98. The Balaban J connectivity index is 1.82. The number of furan rings is 1. The lowest BCUT2D eigenvalue weighted by Gasteiger charge is -2.15. The normalized spacial score (nSPS) is 10.7. The molecule has 25 heavy (non-hydrogen) atoms. The fourth-order valence-electron chi connectivity index (χ4n) is 2.77. The molecule has 0 saturated heterocycles. The van der Waals surface area contributed by atoms with Crippen LogP contribution in [0.4, 0.5) is 5.82 Å². The molecule has 1 N–H and O–H groups in total. The predicted molar refractivity (Wildman–Crippen MR) is 97.2 cm³/mol. The van der Waals surface area contributed by atoms with Gasteiger partial charge in [-0.1, -0.05) is 6.07 Å². The second kappa shape index (κ2) is 6.84. The SMILES string of the molecule is COc1ccc2oc(C(=O)NCc3cccnc3N(C)C)c(C)c2c1. The second-order valence-corrected chi connectivity index (χ2v) is 5.98. The molecule has 2 heterocycles. The summed E-state index contributed by atoms with van der Waals surface area (Å²) < 4.78 is 11.0. The van der Waals surface area contributed by atoms with Crippen molar-refractivity contribution in [1.29, 1.82) is 0 Å². The Morgan fingerprint density at radius 1 is 1.32 bits per heavy atom. The van der Waals surface area contributed by atoms with Crippen molar-refractivity contribution in [3.05, 3.63) is 53.4 Å². The summed E-state index contributed by atoms with van der Waals surface area (Å²) in [5.74, 6) is 1.63. The van der Waals surface area contributed by atoms with Crippen LogP contribution >= 0.6 is 0 Å². The quantitative estimate of drug-likeness (QED) is 0.773. The van der Waals surface area contributed by atoms with E-state index in [4.69, 9.17) is 9.15 Å². The van der Waals surface area contributed by atoms with Crippen molar-refractivity contribution in [2.45, 2.75) is 13.5 Å². The van der Waals surface area contributed by atoms with E-state index in [1.807, 2.05) is 56.3 Å². The van der Waals surface area contributed by atoms with Crippen LogP contribution in [0.2, 0.25) is 0 Å². The van der Waals surface area contributed by atoms with Crippen LogP contribution in [-0.2, 0) is 6.54 Å². The molecule has 1 amide bonds. The highest BCUT2D eigenvalue weighted by molar-refractivity contribution is 5.99. The van der Waals surface area contributed by atoms with Gasteiger partial charge >= 0.3 is 0 Å². The maximum absolute atomic E-state index is 12.6. The maximum atomic E-state index is 12.6. The molecule has 0 spiro atoms. The van der Waals surface area contributed by atoms with Crippen LogP contribution in [0.25, 0.3) is 11.0 Å². The van der Waals surface area contributed by atoms with Crippen LogP contribution in [0.3, 0.4) is 0 Å². The number of pyridine rings is 1. The fraction of sp³-hybridized carbons (Fsp3) is 0.263. The van der Waals surface area contributed by atoms with Crippen LogP contribution in [0.5, 0.6) is 5.75 Å².